The van der Waals surface area contributed by atoms with Crippen LogP contribution in [-0.2, 0) is 16.1 Å². The van der Waals surface area contributed by atoms with Crippen molar-refractivity contribution in [1.82, 2.24) is 10.2 Å². The quantitative estimate of drug-likeness (QED) is 0.635. The highest BCUT2D eigenvalue weighted by molar-refractivity contribution is 9.10. The second-order valence-corrected chi connectivity index (χ2v) is 7.16. The number of likely N-dealkylation sites (N-methyl/N-ethyl adjacent to an activating group) is 1. The molecule has 2 amide bonds. The molecule has 156 valence electrons. The number of hydrogen-bond donors (Lipinski definition) is 1. The third-order valence-electron chi connectivity index (χ3n) is 4.02. The summed E-state index contributed by atoms with van der Waals surface area (Å²) in [7, 11) is 2.93. The van der Waals surface area contributed by atoms with E-state index in [2.05, 4.69) is 26.0 Å². The zero-order chi connectivity index (χ0) is 21.6. The Hall–Kier alpha value is -2.68. The summed E-state index contributed by atoms with van der Waals surface area (Å²) >= 11 is 3.36. The highest BCUT2D eigenvalue weighted by Gasteiger charge is 2.25. The normalized spacial score (nSPS) is 11.7. The number of carbonyl (C=O) groups is 2. The van der Waals surface area contributed by atoms with Crippen LogP contribution in [0, 0.1) is 0 Å². The first-order valence-corrected chi connectivity index (χ1v) is 9.39. The van der Waals surface area contributed by atoms with Crippen LogP contribution in [0.15, 0.2) is 46.9 Å². The molecule has 9 heteroatoms. The van der Waals surface area contributed by atoms with Gasteiger partial charge in [0.05, 0.1) is 7.11 Å². The molecule has 0 radical (unpaired) electrons. The molecule has 1 atom stereocenters. The Bertz CT molecular complexity index is 879. The van der Waals surface area contributed by atoms with Crippen molar-refractivity contribution in [3.8, 4) is 11.5 Å². The zero-order valence-electron chi connectivity index (χ0n) is 16.1. The number of halogens is 3. The first kappa shape index (κ1) is 22.6. The minimum Gasteiger partial charge on any atom is -0.493 e. The Kier molecular flexibility index (Phi) is 7.95. The number of amides is 2. The molecule has 0 bridgehead atoms. The molecule has 0 heterocycles. The van der Waals surface area contributed by atoms with Crippen LogP contribution < -0.4 is 14.8 Å². The van der Waals surface area contributed by atoms with Crippen molar-refractivity contribution in [3.05, 3.63) is 58.1 Å². The first-order chi connectivity index (χ1) is 13.7. The molecule has 0 spiro atoms. The minimum absolute atomic E-state index is 0.0921. The zero-order valence-corrected chi connectivity index (χ0v) is 17.7. The molecule has 0 saturated carbocycles. The van der Waals surface area contributed by atoms with Gasteiger partial charge in [0.1, 0.15) is 6.04 Å². The molecule has 2 aromatic carbocycles. The molecule has 0 saturated heterocycles. The fourth-order valence-electron chi connectivity index (χ4n) is 2.75. The topological polar surface area (TPSA) is 67.9 Å². The maximum Gasteiger partial charge on any atom is 0.387 e. The number of carbonyl (C=O) groups excluding carboxylic acids is 2. The Labute approximate surface area is 175 Å². The first-order valence-electron chi connectivity index (χ1n) is 8.60. The number of methoxy groups -OCH3 is 1. The maximum atomic E-state index is 13.0. The van der Waals surface area contributed by atoms with Crippen LogP contribution in [0.3, 0.4) is 0 Å². The Morgan fingerprint density at radius 1 is 1.17 bits per heavy atom. The number of ether oxygens (including phenoxy) is 2. The number of nitrogens with one attached hydrogen (secondary N) is 1. The number of nitrogens with zero attached hydrogens (tertiary/aromatic N) is 1. The maximum absolute atomic E-state index is 13.0. The lowest BCUT2D eigenvalue weighted by Gasteiger charge is -2.25. The summed E-state index contributed by atoms with van der Waals surface area (Å²) in [6.07, 6.45) is 0. The van der Waals surface area contributed by atoms with Gasteiger partial charge in [-0.3, -0.25) is 9.59 Å². The van der Waals surface area contributed by atoms with Crippen LogP contribution in [0.4, 0.5) is 8.78 Å². The van der Waals surface area contributed by atoms with Gasteiger partial charge in [-0.15, -0.1) is 0 Å². The Morgan fingerprint density at radius 3 is 2.48 bits per heavy atom. The standard InChI is InChI=1S/C20H21BrF2N2O4/c1-12(26)24-18(14-5-4-6-15(21)10-14)19(27)25(2)11-13-7-8-16(29-20(22)23)17(9-13)28-3/h4-10,18,20H,11H2,1-3H3,(H,24,26). The van der Waals surface area contributed by atoms with E-state index in [4.69, 9.17) is 4.74 Å². The summed E-state index contributed by atoms with van der Waals surface area (Å²) in [6, 6.07) is 10.7. The third-order valence-corrected chi connectivity index (χ3v) is 4.51. The van der Waals surface area contributed by atoms with Crippen LogP contribution in [0.2, 0.25) is 0 Å². The van der Waals surface area contributed by atoms with Gasteiger partial charge in [0, 0.05) is 25.0 Å². The fourth-order valence-corrected chi connectivity index (χ4v) is 3.17. The van der Waals surface area contributed by atoms with Crippen LogP contribution >= 0.6 is 15.9 Å². The van der Waals surface area contributed by atoms with Gasteiger partial charge in [-0.25, -0.2) is 0 Å². The number of benzene rings is 2. The highest BCUT2D eigenvalue weighted by atomic mass is 79.9. The largest absolute Gasteiger partial charge is 0.493 e. The molecule has 6 nitrogen and oxygen atoms in total. The fraction of sp³-hybridized carbons (Fsp3) is 0.300. The van der Waals surface area contributed by atoms with Gasteiger partial charge in [-0.2, -0.15) is 8.78 Å². The predicted molar refractivity (Wildman–Crippen MR) is 107 cm³/mol. The summed E-state index contributed by atoms with van der Waals surface area (Å²) in [4.78, 5) is 26.1. The van der Waals surface area contributed by atoms with Crippen molar-refractivity contribution in [3.63, 3.8) is 0 Å². The van der Waals surface area contributed by atoms with Gasteiger partial charge in [0.15, 0.2) is 11.5 Å². The molecule has 0 aliphatic carbocycles. The van der Waals surface area contributed by atoms with Crippen molar-refractivity contribution in [2.24, 2.45) is 0 Å². The molecule has 2 rings (SSSR count). The van der Waals surface area contributed by atoms with Crippen molar-refractivity contribution < 1.29 is 27.8 Å². The van der Waals surface area contributed by atoms with E-state index in [-0.39, 0.29) is 29.9 Å². The number of hydrogen-bond acceptors (Lipinski definition) is 4. The SMILES string of the molecule is COc1cc(CN(C)C(=O)C(NC(C)=O)c2cccc(Br)c2)ccc1OC(F)F. The van der Waals surface area contributed by atoms with E-state index in [1.165, 1.54) is 31.1 Å². The van der Waals surface area contributed by atoms with Gasteiger partial charge in [-0.1, -0.05) is 34.1 Å². The van der Waals surface area contributed by atoms with E-state index in [1.807, 2.05) is 6.07 Å². The summed E-state index contributed by atoms with van der Waals surface area (Å²) in [5.74, 6) is -0.628. The van der Waals surface area contributed by atoms with Crippen molar-refractivity contribution in [2.45, 2.75) is 26.1 Å². The highest BCUT2D eigenvalue weighted by Crippen LogP contribution is 2.30. The van der Waals surface area contributed by atoms with Crippen LogP contribution in [0.25, 0.3) is 0 Å². The van der Waals surface area contributed by atoms with Gasteiger partial charge in [0.25, 0.3) is 0 Å². The molecule has 29 heavy (non-hydrogen) atoms. The monoisotopic (exact) mass is 470 g/mol. The van der Waals surface area contributed by atoms with E-state index in [0.29, 0.717) is 11.1 Å². The minimum atomic E-state index is -2.97. The average molecular weight is 471 g/mol. The van der Waals surface area contributed by atoms with Crippen molar-refractivity contribution >= 4 is 27.7 Å². The van der Waals surface area contributed by atoms with E-state index in [9.17, 15) is 18.4 Å². The lowest BCUT2D eigenvalue weighted by molar-refractivity contribution is -0.135. The van der Waals surface area contributed by atoms with Crippen LogP contribution in [-0.4, -0.2) is 37.5 Å². The number of rotatable bonds is 8. The van der Waals surface area contributed by atoms with Crippen molar-refractivity contribution in [1.29, 1.82) is 0 Å². The van der Waals surface area contributed by atoms with Gasteiger partial charge in [0.2, 0.25) is 11.8 Å². The average Bonchev–Trinajstić information content (AvgIpc) is 2.66. The molecule has 1 N–H and O–H groups in total. The molecular formula is C20H21BrF2N2O4. The number of alkyl halides is 2. The molecule has 2 aromatic rings. The second-order valence-electron chi connectivity index (χ2n) is 6.25. The van der Waals surface area contributed by atoms with E-state index in [1.54, 1.807) is 31.3 Å². The van der Waals surface area contributed by atoms with Gasteiger partial charge < -0.3 is 19.7 Å². The Balaban J connectivity index is 2.21. The van der Waals surface area contributed by atoms with Crippen LogP contribution in [0.5, 0.6) is 11.5 Å². The summed E-state index contributed by atoms with van der Waals surface area (Å²) in [5, 5.41) is 2.66. The van der Waals surface area contributed by atoms with E-state index < -0.39 is 12.7 Å². The van der Waals surface area contributed by atoms with Gasteiger partial charge >= 0.3 is 6.61 Å². The summed E-state index contributed by atoms with van der Waals surface area (Å²) in [5.41, 5.74) is 1.28. The molecular weight excluding hydrogens is 450 g/mol. The molecule has 0 aliphatic rings. The van der Waals surface area contributed by atoms with E-state index >= 15 is 0 Å². The Morgan fingerprint density at radius 2 is 1.90 bits per heavy atom. The van der Waals surface area contributed by atoms with Crippen molar-refractivity contribution in [2.75, 3.05) is 14.2 Å². The van der Waals surface area contributed by atoms with Gasteiger partial charge in [-0.05, 0) is 35.4 Å². The predicted octanol–water partition coefficient (Wildman–Crippen LogP) is 3.89. The summed E-state index contributed by atoms with van der Waals surface area (Å²) < 4.78 is 35.2. The second kappa shape index (κ2) is 10.2. The lowest BCUT2D eigenvalue weighted by Crippen LogP contribution is -2.40. The molecule has 0 fully saturated rings. The lowest BCUT2D eigenvalue weighted by atomic mass is 10.1. The summed E-state index contributed by atoms with van der Waals surface area (Å²) in [6.45, 7) is -1.46. The van der Waals surface area contributed by atoms with Crippen LogP contribution in [0.1, 0.15) is 24.1 Å². The smallest absolute Gasteiger partial charge is 0.387 e. The molecule has 0 aromatic heterocycles. The third kappa shape index (κ3) is 6.42. The van der Waals surface area contributed by atoms with E-state index in [0.717, 1.165) is 4.47 Å². The molecule has 0 aliphatic heterocycles. The molecule has 1 unspecified atom stereocenters.